The number of halogens is 2. The molecule has 0 spiro atoms. The lowest BCUT2D eigenvalue weighted by atomic mass is 10.3. The highest BCUT2D eigenvalue weighted by Crippen LogP contribution is 2.32. The van der Waals surface area contributed by atoms with Crippen molar-refractivity contribution in [3.05, 3.63) is 28.2 Å². The van der Waals surface area contributed by atoms with Crippen molar-refractivity contribution in [3.63, 3.8) is 0 Å². The zero-order chi connectivity index (χ0) is 12.0. The van der Waals surface area contributed by atoms with Gasteiger partial charge in [0.1, 0.15) is 6.61 Å². The maximum absolute atomic E-state index is 5.99. The number of likely N-dealkylation sites (N-methyl/N-ethyl adjacent to an activating group) is 1. The number of nitrogens with zero attached hydrogens (tertiary/aromatic N) is 1. The maximum atomic E-state index is 5.99. The molecule has 1 rings (SSSR count). The van der Waals surface area contributed by atoms with Gasteiger partial charge in [0.15, 0.2) is 5.75 Å². The molecule has 0 atom stereocenters. The van der Waals surface area contributed by atoms with E-state index in [1.165, 1.54) is 0 Å². The summed E-state index contributed by atoms with van der Waals surface area (Å²) in [6.45, 7) is 7.80. The molecule has 0 saturated heterocycles. The lowest BCUT2D eigenvalue weighted by Crippen LogP contribution is -2.27. The molecule has 16 heavy (non-hydrogen) atoms. The molecule has 0 heterocycles. The lowest BCUT2D eigenvalue weighted by Gasteiger charge is -2.18. The van der Waals surface area contributed by atoms with Gasteiger partial charge in [-0.2, -0.15) is 0 Å². The number of rotatable bonds is 6. The quantitative estimate of drug-likeness (QED) is 0.774. The third-order valence-corrected chi connectivity index (χ3v) is 3.06. The third kappa shape index (κ3) is 3.85. The van der Waals surface area contributed by atoms with Gasteiger partial charge in [-0.25, -0.2) is 0 Å². The topological polar surface area (TPSA) is 12.5 Å². The van der Waals surface area contributed by atoms with Crippen molar-refractivity contribution in [1.29, 1.82) is 0 Å². The second-order valence-corrected chi connectivity index (χ2v) is 4.24. The first-order valence-electron chi connectivity index (χ1n) is 5.48. The minimum atomic E-state index is 0.562. The maximum Gasteiger partial charge on any atom is 0.156 e. The van der Waals surface area contributed by atoms with E-state index in [0.29, 0.717) is 22.4 Å². The first-order valence-corrected chi connectivity index (χ1v) is 6.23. The van der Waals surface area contributed by atoms with E-state index in [1.807, 2.05) is 6.07 Å². The van der Waals surface area contributed by atoms with E-state index in [1.54, 1.807) is 12.1 Å². The fourth-order valence-electron chi connectivity index (χ4n) is 1.44. The van der Waals surface area contributed by atoms with Crippen LogP contribution < -0.4 is 4.74 Å². The van der Waals surface area contributed by atoms with Crippen molar-refractivity contribution in [2.45, 2.75) is 13.8 Å². The van der Waals surface area contributed by atoms with E-state index >= 15 is 0 Å². The summed E-state index contributed by atoms with van der Waals surface area (Å²) in [7, 11) is 0. The van der Waals surface area contributed by atoms with Gasteiger partial charge in [-0.05, 0) is 25.2 Å². The molecule has 2 nitrogen and oxygen atoms in total. The van der Waals surface area contributed by atoms with Crippen molar-refractivity contribution in [3.8, 4) is 5.75 Å². The molecule has 0 fully saturated rings. The van der Waals surface area contributed by atoms with Crippen LogP contribution in [-0.2, 0) is 0 Å². The van der Waals surface area contributed by atoms with Crippen LogP contribution in [-0.4, -0.2) is 31.1 Å². The van der Waals surface area contributed by atoms with E-state index in [4.69, 9.17) is 27.9 Å². The van der Waals surface area contributed by atoms with Crippen LogP contribution in [0.4, 0.5) is 0 Å². The molecule has 4 heteroatoms. The first-order chi connectivity index (χ1) is 7.69. The zero-order valence-corrected chi connectivity index (χ0v) is 11.2. The van der Waals surface area contributed by atoms with Gasteiger partial charge in [0.25, 0.3) is 0 Å². The van der Waals surface area contributed by atoms with Gasteiger partial charge in [-0.1, -0.05) is 43.1 Å². The second-order valence-electron chi connectivity index (χ2n) is 3.43. The summed E-state index contributed by atoms with van der Waals surface area (Å²) in [4.78, 5) is 2.28. The molecule has 0 radical (unpaired) electrons. The summed E-state index contributed by atoms with van der Waals surface area (Å²) < 4.78 is 5.60. The Labute approximate surface area is 107 Å². The molecule has 90 valence electrons. The average molecular weight is 262 g/mol. The average Bonchev–Trinajstić information content (AvgIpc) is 2.28. The predicted molar refractivity (Wildman–Crippen MR) is 69.7 cm³/mol. The highest BCUT2D eigenvalue weighted by atomic mass is 35.5. The largest absolute Gasteiger partial charge is 0.489 e. The van der Waals surface area contributed by atoms with Gasteiger partial charge in [-0.3, -0.25) is 0 Å². The minimum absolute atomic E-state index is 0.562. The van der Waals surface area contributed by atoms with Gasteiger partial charge in [0, 0.05) is 6.54 Å². The summed E-state index contributed by atoms with van der Waals surface area (Å²) in [6, 6.07) is 5.36. The van der Waals surface area contributed by atoms with Crippen LogP contribution >= 0.6 is 23.2 Å². The normalized spacial score (nSPS) is 10.8. The molecular formula is C12H17Cl2NO. The van der Waals surface area contributed by atoms with Crippen LogP contribution in [0.2, 0.25) is 10.0 Å². The van der Waals surface area contributed by atoms with Crippen LogP contribution in [0.1, 0.15) is 13.8 Å². The number of para-hydroxylation sites is 1. The van der Waals surface area contributed by atoms with E-state index in [0.717, 1.165) is 19.6 Å². The SMILES string of the molecule is CCN(CC)CCOc1c(Cl)cccc1Cl. The Morgan fingerprint density at radius 3 is 2.19 bits per heavy atom. The molecule has 0 aliphatic rings. The Hall–Kier alpha value is -0.440. The molecule has 0 aliphatic heterocycles. The molecule has 0 amide bonds. The Kier molecular flexibility index (Phi) is 5.96. The molecule has 0 unspecified atom stereocenters. The van der Waals surface area contributed by atoms with Crippen molar-refractivity contribution >= 4 is 23.2 Å². The highest BCUT2D eigenvalue weighted by Gasteiger charge is 2.07. The Morgan fingerprint density at radius 2 is 1.69 bits per heavy atom. The molecule has 1 aromatic carbocycles. The minimum Gasteiger partial charge on any atom is -0.489 e. The lowest BCUT2D eigenvalue weighted by molar-refractivity contribution is 0.223. The van der Waals surface area contributed by atoms with Crippen molar-refractivity contribution < 1.29 is 4.74 Å². The monoisotopic (exact) mass is 261 g/mol. The smallest absolute Gasteiger partial charge is 0.156 e. The summed E-state index contributed by atoms with van der Waals surface area (Å²) in [5.41, 5.74) is 0. The molecule has 0 N–H and O–H groups in total. The zero-order valence-electron chi connectivity index (χ0n) is 9.67. The van der Waals surface area contributed by atoms with Crippen LogP contribution in [0.3, 0.4) is 0 Å². The Balaban J connectivity index is 2.48. The third-order valence-electron chi connectivity index (χ3n) is 2.47. The molecular weight excluding hydrogens is 245 g/mol. The van der Waals surface area contributed by atoms with Crippen LogP contribution in [0.5, 0.6) is 5.75 Å². The number of hydrogen-bond donors (Lipinski definition) is 0. The number of hydrogen-bond acceptors (Lipinski definition) is 2. The summed E-state index contributed by atoms with van der Waals surface area (Å²) >= 11 is 12.0. The van der Waals surface area contributed by atoms with Gasteiger partial charge >= 0.3 is 0 Å². The van der Waals surface area contributed by atoms with E-state index in [2.05, 4.69) is 18.7 Å². The summed E-state index contributed by atoms with van der Waals surface area (Å²) in [6.07, 6.45) is 0. The van der Waals surface area contributed by atoms with Crippen molar-refractivity contribution in [1.82, 2.24) is 4.90 Å². The van der Waals surface area contributed by atoms with Gasteiger partial charge < -0.3 is 9.64 Å². The number of benzene rings is 1. The van der Waals surface area contributed by atoms with E-state index < -0.39 is 0 Å². The standard InChI is InChI=1S/C12H17Cl2NO/c1-3-15(4-2)8-9-16-12-10(13)6-5-7-11(12)14/h5-7H,3-4,8-9H2,1-2H3. The molecule has 0 aromatic heterocycles. The molecule has 1 aromatic rings. The van der Waals surface area contributed by atoms with Gasteiger partial charge in [-0.15, -0.1) is 0 Å². The van der Waals surface area contributed by atoms with Crippen LogP contribution in [0.15, 0.2) is 18.2 Å². The highest BCUT2D eigenvalue weighted by molar-refractivity contribution is 6.37. The number of ether oxygens (including phenoxy) is 1. The van der Waals surface area contributed by atoms with E-state index in [9.17, 15) is 0 Å². The van der Waals surface area contributed by atoms with Crippen molar-refractivity contribution in [2.75, 3.05) is 26.2 Å². The fraction of sp³-hybridized carbons (Fsp3) is 0.500. The van der Waals surface area contributed by atoms with Crippen LogP contribution in [0, 0.1) is 0 Å². The van der Waals surface area contributed by atoms with Crippen molar-refractivity contribution in [2.24, 2.45) is 0 Å². The first kappa shape index (κ1) is 13.6. The fourth-order valence-corrected chi connectivity index (χ4v) is 1.94. The van der Waals surface area contributed by atoms with E-state index in [-0.39, 0.29) is 0 Å². The molecule has 0 aliphatic carbocycles. The Morgan fingerprint density at radius 1 is 1.12 bits per heavy atom. The second kappa shape index (κ2) is 7.00. The molecule has 0 saturated carbocycles. The Bertz CT molecular complexity index is 307. The molecule has 0 bridgehead atoms. The van der Waals surface area contributed by atoms with Crippen LogP contribution in [0.25, 0.3) is 0 Å². The van der Waals surface area contributed by atoms with Gasteiger partial charge in [0.05, 0.1) is 10.0 Å². The van der Waals surface area contributed by atoms with Gasteiger partial charge in [0.2, 0.25) is 0 Å². The predicted octanol–water partition coefficient (Wildman–Crippen LogP) is 3.71. The summed E-state index contributed by atoms with van der Waals surface area (Å²) in [5, 5.41) is 1.12. The summed E-state index contributed by atoms with van der Waals surface area (Å²) in [5.74, 6) is 0.581.